The highest BCUT2D eigenvalue weighted by molar-refractivity contribution is 6.36. The van der Waals surface area contributed by atoms with Gasteiger partial charge < -0.3 is 20.1 Å². The van der Waals surface area contributed by atoms with Crippen LogP contribution in [0.3, 0.4) is 0 Å². The molecule has 2 N–H and O–H groups in total. The first-order chi connectivity index (χ1) is 9.16. The third-order valence-corrected chi connectivity index (χ3v) is 2.51. The van der Waals surface area contributed by atoms with Gasteiger partial charge in [-0.3, -0.25) is 9.59 Å². The second kappa shape index (κ2) is 6.17. The molecule has 0 saturated carbocycles. The van der Waals surface area contributed by atoms with E-state index in [9.17, 15) is 9.59 Å². The summed E-state index contributed by atoms with van der Waals surface area (Å²) in [6.45, 7) is 3.93. The Hall–Kier alpha value is -2.12. The number of nitrogens with one attached hydrogen (secondary N) is 2. The lowest BCUT2D eigenvalue weighted by atomic mass is 10.3. The predicted octanol–water partition coefficient (Wildman–Crippen LogP) is -1.54. The van der Waals surface area contributed by atoms with Crippen molar-refractivity contribution in [3.63, 3.8) is 0 Å². The molecule has 1 atom stereocenters. The van der Waals surface area contributed by atoms with Gasteiger partial charge in [0.15, 0.2) is 0 Å². The number of hydrogen-bond donors (Lipinski definition) is 2. The van der Waals surface area contributed by atoms with E-state index in [4.69, 9.17) is 9.47 Å². The molecule has 2 aliphatic rings. The van der Waals surface area contributed by atoms with Crippen LogP contribution in [-0.2, 0) is 19.1 Å². The first kappa shape index (κ1) is 13.3. The average molecular weight is 268 g/mol. The van der Waals surface area contributed by atoms with E-state index in [1.54, 1.807) is 6.92 Å². The molecule has 0 bridgehead atoms. The molecule has 8 heteroatoms. The van der Waals surface area contributed by atoms with Crippen molar-refractivity contribution in [1.82, 2.24) is 10.6 Å². The summed E-state index contributed by atoms with van der Waals surface area (Å²) >= 11 is 0. The van der Waals surface area contributed by atoms with Crippen molar-refractivity contribution in [1.29, 1.82) is 0 Å². The molecule has 0 aromatic heterocycles. The lowest BCUT2D eigenvalue weighted by Gasteiger charge is -2.14. The molecule has 2 rings (SSSR count). The van der Waals surface area contributed by atoms with Crippen LogP contribution in [0.4, 0.5) is 0 Å². The normalized spacial score (nSPS) is 18.8. The molecule has 0 fully saturated rings. The van der Waals surface area contributed by atoms with Gasteiger partial charge in [0, 0.05) is 12.6 Å². The van der Waals surface area contributed by atoms with E-state index in [-0.39, 0.29) is 36.2 Å². The largest absolute Gasteiger partial charge is 0.472 e. The number of hydrogen-bond acceptors (Lipinski definition) is 6. The number of carbonyl (C=O) groups excluding carboxylic acids is 2. The fourth-order valence-electron chi connectivity index (χ4n) is 1.60. The second-order valence-corrected chi connectivity index (χ2v) is 4.16. The van der Waals surface area contributed by atoms with Crippen LogP contribution in [0, 0.1) is 0 Å². The number of ether oxygens (including phenoxy) is 2. The molecule has 0 spiro atoms. The molecule has 0 aliphatic carbocycles. The van der Waals surface area contributed by atoms with Crippen molar-refractivity contribution >= 4 is 23.6 Å². The minimum Gasteiger partial charge on any atom is -0.472 e. The predicted molar refractivity (Wildman–Crippen MR) is 67.1 cm³/mol. The summed E-state index contributed by atoms with van der Waals surface area (Å²) in [4.78, 5) is 31.0. The third kappa shape index (κ3) is 3.67. The van der Waals surface area contributed by atoms with Gasteiger partial charge >= 0.3 is 11.8 Å². The summed E-state index contributed by atoms with van der Waals surface area (Å²) in [5.41, 5.74) is 0. The monoisotopic (exact) mass is 268 g/mol. The van der Waals surface area contributed by atoms with Crippen molar-refractivity contribution in [2.45, 2.75) is 13.0 Å². The Kier molecular flexibility index (Phi) is 4.32. The van der Waals surface area contributed by atoms with Gasteiger partial charge in [-0.2, -0.15) is 0 Å². The summed E-state index contributed by atoms with van der Waals surface area (Å²) < 4.78 is 10.1. The number of nitrogens with zero attached hydrogens (tertiary/aromatic N) is 2. The van der Waals surface area contributed by atoms with Crippen LogP contribution in [0.5, 0.6) is 0 Å². The molecule has 0 aromatic rings. The highest BCUT2D eigenvalue weighted by Gasteiger charge is 2.20. The van der Waals surface area contributed by atoms with Gasteiger partial charge in [0.05, 0.1) is 13.1 Å². The van der Waals surface area contributed by atoms with E-state index in [0.717, 1.165) is 0 Å². The molecule has 1 unspecified atom stereocenters. The molecule has 0 aromatic carbocycles. The SMILES string of the molecule is CC(CNC(=O)C1=NCCO1)NC(=O)C1=NCCO1. The molecular weight excluding hydrogens is 252 g/mol. The van der Waals surface area contributed by atoms with Crippen molar-refractivity contribution in [2.24, 2.45) is 9.98 Å². The minimum absolute atomic E-state index is 0.0988. The fourth-order valence-corrected chi connectivity index (χ4v) is 1.60. The van der Waals surface area contributed by atoms with E-state index in [1.165, 1.54) is 0 Å². The van der Waals surface area contributed by atoms with Gasteiger partial charge in [-0.25, -0.2) is 9.98 Å². The topological polar surface area (TPSA) is 101 Å². The Morgan fingerprint density at radius 2 is 1.74 bits per heavy atom. The first-order valence-corrected chi connectivity index (χ1v) is 6.10. The maximum Gasteiger partial charge on any atom is 0.306 e. The molecule has 2 aliphatic heterocycles. The van der Waals surface area contributed by atoms with Crippen molar-refractivity contribution in [2.75, 3.05) is 32.8 Å². The molecule has 8 nitrogen and oxygen atoms in total. The number of aliphatic imine (C=N–C) groups is 2. The Labute approximate surface area is 110 Å². The maximum atomic E-state index is 11.6. The standard InChI is InChI=1S/C11H16N4O4/c1-7(15-9(17)11-13-3-5-19-11)6-14-8(16)10-12-2-4-18-10/h7H,2-6H2,1H3,(H,14,16)(H,15,17). The number of rotatable bonds is 5. The number of amides is 2. The van der Waals surface area contributed by atoms with Gasteiger partial charge in [-0.1, -0.05) is 0 Å². The van der Waals surface area contributed by atoms with Gasteiger partial charge in [0.25, 0.3) is 11.8 Å². The van der Waals surface area contributed by atoms with Crippen LogP contribution < -0.4 is 10.6 Å². The Morgan fingerprint density at radius 3 is 2.26 bits per heavy atom. The summed E-state index contributed by atoms with van der Waals surface area (Å²) in [5.74, 6) is -0.537. The summed E-state index contributed by atoms with van der Waals surface area (Å²) in [7, 11) is 0. The zero-order valence-electron chi connectivity index (χ0n) is 10.6. The smallest absolute Gasteiger partial charge is 0.306 e. The lowest BCUT2D eigenvalue weighted by molar-refractivity contribution is -0.118. The highest BCUT2D eigenvalue weighted by atomic mass is 16.5. The summed E-state index contributed by atoms with van der Waals surface area (Å²) in [5, 5.41) is 5.31. The Balaban J connectivity index is 1.70. The zero-order chi connectivity index (χ0) is 13.7. The van der Waals surface area contributed by atoms with Crippen LogP contribution in [0.15, 0.2) is 9.98 Å². The van der Waals surface area contributed by atoms with Crippen molar-refractivity contribution in [3.8, 4) is 0 Å². The lowest BCUT2D eigenvalue weighted by Crippen LogP contribution is -2.45. The van der Waals surface area contributed by atoms with Crippen molar-refractivity contribution in [3.05, 3.63) is 0 Å². The quantitative estimate of drug-likeness (QED) is 0.631. The van der Waals surface area contributed by atoms with Crippen LogP contribution in [-0.4, -0.2) is 62.5 Å². The van der Waals surface area contributed by atoms with Crippen LogP contribution in [0.2, 0.25) is 0 Å². The van der Waals surface area contributed by atoms with E-state index >= 15 is 0 Å². The molecule has 104 valence electrons. The molecule has 0 saturated heterocycles. The van der Waals surface area contributed by atoms with Crippen molar-refractivity contribution < 1.29 is 19.1 Å². The van der Waals surface area contributed by atoms with Crippen LogP contribution >= 0.6 is 0 Å². The summed E-state index contributed by atoms with van der Waals surface area (Å²) in [6.07, 6.45) is 0. The Bertz CT molecular complexity index is 432. The maximum absolute atomic E-state index is 11.6. The Morgan fingerprint density at radius 1 is 1.16 bits per heavy atom. The first-order valence-electron chi connectivity index (χ1n) is 6.10. The average Bonchev–Trinajstić information content (AvgIpc) is 3.07. The van der Waals surface area contributed by atoms with Crippen LogP contribution in [0.1, 0.15) is 6.92 Å². The van der Waals surface area contributed by atoms with E-state index < -0.39 is 0 Å². The zero-order valence-corrected chi connectivity index (χ0v) is 10.6. The minimum atomic E-state index is -0.368. The van der Waals surface area contributed by atoms with Gasteiger partial charge in [-0.15, -0.1) is 0 Å². The second-order valence-electron chi connectivity index (χ2n) is 4.16. The van der Waals surface area contributed by atoms with E-state index in [2.05, 4.69) is 20.6 Å². The van der Waals surface area contributed by atoms with Gasteiger partial charge in [-0.05, 0) is 6.92 Å². The summed E-state index contributed by atoms with van der Waals surface area (Å²) in [6, 6.07) is -0.245. The molecule has 2 amide bonds. The molecule has 0 radical (unpaired) electrons. The van der Waals surface area contributed by atoms with E-state index in [1.807, 2.05) is 0 Å². The van der Waals surface area contributed by atoms with E-state index in [0.29, 0.717) is 26.3 Å². The molecule has 19 heavy (non-hydrogen) atoms. The fraction of sp³-hybridized carbons (Fsp3) is 0.636. The molecular formula is C11H16N4O4. The van der Waals surface area contributed by atoms with Gasteiger partial charge in [0.1, 0.15) is 13.2 Å². The van der Waals surface area contributed by atoms with Gasteiger partial charge in [0.2, 0.25) is 0 Å². The number of carbonyl (C=O) groups is 2. The highest BCUT2D eigenvalue weighted by Crippen LogP contribution is 1.96. The van der Waals surface area contributed by atoms with Crippen LogP contribution in [0.25, 0.3) is 0 Å². The molecule has 2 heterocycles. The third-order valence-electron chi connectivity index (χ3n) is 2.51.